The normalized spacial score (nSPS) is 24.3. The molecule has 2 aliphatic heterocycles. The number of pyridine rings is 2. The molecule has 8 rings (SSSR count). The molecule has 2 fully saturated rings. The standard InChI is InChI=1S/C40H32N4O3/c45-36-31(21-28-13-9-19-41-22-28)25-44(24-27-11-3-1-4-12-27)26-39(36)34(30-16-10-20-42-23-30)35(29-14-5-2-6-15-29)43-40(39)37(46)32-17-7-8-18-33(32)38(40)47/h1-23,34-35,43H,24-26H2. The Morgan fingerprint density at radius 3 is 1.96 bits per heavy atom. The molecule has 3 aliphatic rings. The van der Waals surface area contributed by atoms with E-state index in [9.17, 15) is 0 Å². The number of nitrogens with zero attached hydrogens (tertiary/aromatic N) is 3. The maximum atomic E-state index is 15.6. The second-order valence-electron chi connectivity index (χ2n) is 12.6. The van der Waals surface area contributed by atoms with Crippen LogP contribution in [-0.4, -0.2) is 50.8 Å². The topological polar surface area (TPSA) is 92.3 Å². The Balaban J connectivity index is 1.42. The summed E-state index contributed by atoms with van der Waals surface area (Å²) >= 11 is 0. The van der Waals surface area contributed by atoms with Gasteiger partial charge in [0, 0.05) is 73.1 Å². The number of carbonyl (C=O) groups is 3. The number of carbonyl (C=O) groups excluding carboxylic acids is 3. The second-order valence-corrected chi connectivity index (χ2v) is 12.6. The maximum absolute atomic E-state index is 15.6. The molecule has 4 heterocycles. The number of nitrogens with one attached hydrogen (secondary N) is 1. The van der Waals surface area contributed by atoms with E-state index in [-0.39, 0.29) is 23.9 Å². The monoisotopic (exact) mass is 616 g/mol. The minimum absolute atomic E-state index is 0.187. The van der Waals surface area contributed by atoms with Crippen LogP contribution in [0.3, 0.4) is 0 Å². The van der Waals surface area contributed by atoms with E-state index >= 15 is 14.4 Å². The number of rotatable bonds is 5. The van der Waals surface area contributed by atoms with Crippen molar-refractivity contribution in [3.8, 4) is 0 Å². The van der Waals surface area contributed by atoms with Crippen molar-refractivity contribution >= 4 is 23.4 Å². The van der Waals surface area contributed by atoms with Crippen LogP contribution in [0.15, 0.2) is 140 Å². The quantitative estimate of drug-likeness (QED) is 0.195. The molecule has 5 aromatic rings. The van der Waals surface area contributed by atoms with Crippen LogP contribution in [0.2, 0.25) is 0 Å². The molecule has 0 amide bonds. The Hall–Kier alpha value is -5.37. The van der Waals surface area contributed by atoms with Gasteiger partial charge in [-0.3, -0.25) is 34.6 Å². The van der Waals surface area contributed by atoms with Gasteiger partial charge in [0.15, 0.2) is 22.9 Å². The third-order valence-corrected chi connectivity index (χ3v) is 10.0. The molecule has 2 aromatic heterocycles. The van der Waals surface area contributed by atoms with Crippen molar-refractivity contribution < 1.29 is 14.4 Å². The van der Waals surface area contributed by atoms with Gasteiger partial charge in [0.05, 0.1) is 5.41 Å². The summed E-state index contributed by atoms with van der Waals surface area (Å²) < 4.78 is 0. The van der Waals surface area contributed by atoms with Crippen molar-refractivity contribution in [1.29, 1.82) is 0 Å². The fraction of sp³-hybridized carbons (Fsp3) is 0.175. The largest absolute Gasteiger partial charge is 0.294 e. The molecule has 1 N–H and O–H groups in total. The Bertz CT molecular complexity index is 1980. The Morgan fingerprint density at radius 1 is 0.702 bits per heavy atom. The molecular weight excluding hydrogens is 584 g/mol. The van der Waals surface area contributed by atoms with Crippen molar-refractivity contribution in [2.45, 2.75) is 24.0 Å². The van der Waals surface area contributed by atoms with Gasteiger partial charge < -0.3 is 0 Å². The van der Waals surface area contributed by atoms with Gasteiger partial charge >= 0.3 is 0 Å². The number of likely N-dealkylation sites (tertiary alicyclic amines) is 1. The fourth-order valence-electron chi connectivity index (χ4n) is 8.19. The van der Waals surface area contributed by atoms with Crippen molar-refractivity contribution in [3.05, 3.63) is 173 Å². The summed E-state index contributed by atoms with van der Waals surface area (Å²) in [5.74, 6) is -1.54. The highest BCUT2D eigenvalue weighted by molar-refractivity contribution is 6.36. The average molecular weight is 617 g/mol. The van der Waals surface area contributed by atoms with Gasteiger partial charge in [-0.2, -0.15) is 0 Å². The molecule has 2 saturated heterocycles. The zero-order valence-electron chi connectivity index (χ0n) is 25.6. The van der Waals surface area contributed by atoms with Crippen LogP contribution in [-0.2, 0) is 11.3 Å². The summed E-state index contributed by atoms with van der Waals surface area (Å²) in [4.78, 5) is 56.7. The molecular formula is C40H32N4O3. The lowest BCUT2D eigenvalue weighted by atomic mass is 9.55. The van der Waals surface area contributed by atoms with Crippen LogP contribution in [0.25, 0.3) is 6.08 Å². The van der Waals surface area contributed by atoms with Crippen LogP contribution in [0.5, 0.6) is 0 Å². The fourth-order valence-corrected chi connectivity index (χ4v) is 8.19. The smallest absolute Gasteiger partial charge is 0.192 e. The summed E-state index contributed by atoms with van der Waals surface area (Å²) in [5, 5.41) is 3.62. The first kappa shape index (κ1) is 29.1. The highest BCUT2D eigenvalue weighted by atomic mass is 16.2. The maximum Gasteiger partial charge on any atom is 0.192 e. The zero-order chi connectivity index (χ0) is 32.0. The Kier molecular flexibility index (Phi) is 7.08. The molecule has 3 unspecified atom stereocenters. The molecule has 230 valence electrons. The van der Waals surface area contributed by atoms with Crippen molar-refractivity contribution in [2.75, 3.05) is 13.1 Å². The van der Waals surface area contributed by atoms with E-state index in [1.165, 1.54) is 0 Å². The van der Waals surface area contributed by atoms with Crippen LogP contribution < -0.4 is 5.32 Å². The van der Waals surface area contributed by atoms with Gasteiger partial charge in [-0.1, -0.05) is 97.1 Å². The number of Topliss-reactive ketones (excluding diaryl/α,β-unsaturated/α-hetero) is 3. The number of fused-ring (bicyclic) bond motifs is 2. The van der Waals surface area contributed by atoms with Gasteiger partial charge in [-0.15, -0.1) is 0 Å². The number of ketones is 3. The minimum atomic E-state index is -1.85. The molecule has 3 aromatic carbocycles. The molecule has 7 nitrogen and oxygen atoms in total. The van der Waals surface area contributed by atoms with Crippen LogP contribution >= 0.6 is 0 Å². The lowest BCUT2D eigenvalue weighted by Crippen LogP contribution is -2.69. The summed E-state index contributed by atoms with van der Waals surface area (Å²) in [6.45, 7) is 1.07. The third-order valence-electron chi connectivity index (χ3n) is 10.0. The summed E-state index contributed by atoms with van der Waals surface area (Å²) in [6, 6.07) is 33.9. The Labute approximate surface area is 273 Å². The van der Waals surface area contributed by atoms with E-state index in [1.54, 1.807) is 49.1 Å². The predicted molar refractivity (Wildman–Crippen MR) is 179 cm³/mol. The number of piperidine rings is 1. The Morgan fingerprint density at radius 2 is 1.32 bits per heavy atom. The third kappa shape index (κ3) is 4.46. The lowest BCUT2D eigenvalue weighted by Gasteiger charge is -2.49. The average Bonchev–Trinajstić information content (AvgIpc) is 3.54. The molecule has 7 heteroatoms. The van der Waals surface area contributed by atoms with Gasteiger partial charge in [0.25, 0.3) is 0 Å². The van der Waals surface area contributed by atoms with Gasteiger partial charge in [0.1, 0.15) is 0 Å². The first-order chi connectivity index (χ1) is 23.0. The van der Waals surface area contributed by atoms with E-state index in [2.05, 4.69) is 32.3 Å². The number of benzene rings is 3. The predicted octanol–water partition coefficient (Wildman–Crippen LogP) is 5.88. The molecule has 0 bridgehead atoms. The summed E-state index contributed by atoms with van der Waals surface area (Å²) in [7, 11) is 0. The van der Waals surface area contributed by atoms with Crippen molar-refractivity contribution in [3.63, 3.8) is 0 Å². The SMILES string of the molecule is O=C1c2ccccc2C(=O)C12NC(c1ccccc1)C(c1cccnc1)C21CN(Cc2ccccc2)CC(=Cc2cccnc2)C1=O. The zero-order valence-corrected chi connectivity index (χ0v) is 25.6. The molecule has 47 heavy (non-hydrogen) atoms. The van der Waals surface area contributed by atoms with E-state index in [0.29, 0.717) is 29.8 Å². The van der Waals surface area contributed by atoms with Crippen molar-refractivity contribution in [1.82, 2.24) is 20.2 Å². The molecule has 3 atom stereocenters. The lowest BCUT2D eigenvalue weighted by molar-refractivity contribution is -0.131. The number of hydrogen-bond acceptors (Lipinski definition) is 7. The van der Waals surface area contributed by atoms with Gasteiger partial charge in [0.2, 0.25) is 0 Å². The number of aromatic nitrogens is 2. The highest BCUT2D eigenvalue weighted by Crippen LogP contribution is 2.63. The van der Waals surface area contributed by atoms with E-state index in [0.717, 1.165) is 22.3 Å². The van der Waals surface area contributed by atoms with Gasteiger partial charge in [-0.05, 0) is 40.5 Å². The van der Waals surface area contributed by atoms with E-state index in [4.69, 9.17) is 0 Å². The van der Waals surface area contributed by atoms with Gasteiger partial charge in [-0.25, -0.2) is 0 Å². The summed E-state index contributed by atoms with van der Waals surface area (Å²) in [6.07, 6.45) is 8.76. The number of hydrogen-bond donors (Lipinski definition) is 1. The first-order valence-electron chi connectivity index (χ1n) is 15.9. The molecule has 2 spiro atoms. The van der Waals surface area contributed by atoms with E-state index < -0.39 is 22.9 Å². The van der Waals surface area contributed by atoms with Crippen LogP contribution in [0.1, 0.15) is 54.9 Å². The second kappa shape index (κ2) is 11.5. The van der Waals surface area contributed by atoms with Crippen LogP contribution in [0, 0.1) is 5.41 Å². The molecule has 0 radical (unpaired) electrons. The molecule has 0 saturated carbocycles. The minimum Gasteiger partial charge on any atom is -0.294 e. The summed E-state index contributed by atoms with van der Waals surface area (Å²) in [5.41, 5.74) is 1.37. The highest BCUT2D eigenvalue weighted by Gasteiger charge is 2.77. The first-order valence-corrected chi connectivity index (χ1v) is 15.9. The van der Waals surface area contributed by atoms with Crippen LogP contribution in [0.4, 0.5) is 0 Å². The van der Waals surface area contributed by atoms with Crippen molar-refractivity contribution in [2.24, 2.45) is 5.41 Å². The van der Waals surface area contributed by atoms with E-state index in [1.807, 2.05) is 78.9 Å². The molecule has 1 aliphatic carbocycles.